The first kappa shape index (κ1) is 72.6. The van der Waals surface area contributed by atoms with Crippen LogP contribution in [0, 0.1) is 50.2 Å². The Kier molecular flexibility index (Phi) is 20.8. The molecule has 4 saturated carbocycles. The highest BCUT2D eigenvalue weighted by Gasteiger charge is 2.71. The third-order valence-corrected chi connectivity index (χ3v) is 24.4. The van der Waals surface area contributed by atoms with Crippen molar-refractivity contribution in [3.05, 3.63) is 11.6 Å². The van der Waals surface area contributed by atoms with Crippen molar-refractivity contribution in [2.45, 2.75) is 285 Å². The molecule has 11 aliphatic rings. The number of aldehydes is 1. The minimum Gasteiger partial charge on any atom is -0.479 e. The molecule has 36 atom stereocenters. The maximum Gasteiger partial charge on any atom is 0.335 e. The van der Waals surface area contributed by atoms with E-state index in [1.165, 1.54) is 6.92 Å². The van der Waals surface area contributed by atoms with E-state index in [2.05, 4.69) is 40.7 Å². The van der Waals surface area contributed by atoms with Crippen LogP contribution in [0.3, 0.4) is 0 Å². The number of allylic oxidation sites excluding steroid dienone is 2. The summed E-state index contributed by atoms with van der Waals surface area (Å²) in [4.78, 5) is 41.8. The van der Waals surface area contributed by atoms with E-state index in [0.29, 0.717) is 57.8 Å². The minimum absolute atomic E-state index is 0.0356. The molecule has 0 aromatic heterocycles. The minimum atomic E-state index is -2.09. The van der Waals surface area contributed by atoms with Gasteiger partial charge < -0.3 is 143 Å². The summed E-state index contributed by atoms with van der Waals surface area (Å²) in [5, 5.41) is 172. The molecule has 0 amide bonds. The van der Waals surface area contributed by atoms with Crippen LogP contribution in [0.2, 0.25) is 0 Å². The molecule has 6 aliphatic heterocycles. The molecule has 6 heterocycles. The molecule has 31 heteroatoms. The Morgan fingerprint density at radius 1 is 0.543 bits per heavy atom. The van der Waals surface area contributed by atoms with Crippen LogP contribution in [-0.4, -0.2) is 298 Å². The van der Waals surface area contributed by atoms with Crippen molar-refractivity contribution in [3.63, 3.8) is 0 Å². The van der Waals surface area contributed by atoms with Crippen LogP contribution in [-0.2, 0) is 71.2 Å². The van der Waals surface area contributed by atoms with Gasteiger partial charge in [0, 0.05) is 0 Å². The quantitative estimate of drug-likeness (QED) is 0.0320. The molecule has 536 valence electrons. The lowest BCUT2D eigenvalue weighted by molar-refractivity contribution is -0.375. The topological polar surface area (TPSA) is 486 Å². The molecule has 31 nitrogen and oxygen atoms in total. The predicted octanol–water partition coefficient (Wildman–Crippen LogP) is -4.17. The molecular weight excluding hydrogens is 1250 g/mol. The van der Waals surface area contributed by atoms with E-state index in [-0.39, 0.29) is 29.6 Å². The van der Waals surface area contributed by atoms with E-state index >= 15 is 4.79 Å². The van der Waals surface area contributed by atoms with Gasteiger partial charge in [-0.1, -0.05) is 53.2 Å². The number of carboxylic acids is 1. The number of rotatable bonds is 15. The third kappa shape index (κ3) is 12.3. The fourth-order valence-corrected chi connectivity index (χ4v) is 18.5. The van der Waals surface area contributed by atoms with Crippen molar-refractivity contribution in [2.75, 3.05) is 26.4 Å². The van der Waals surface area contributed by atoms with Crippen molar-refractivity contribution in [1.29, 1.82) is 0 Å². The van der Waals surface area contributed by atoms with Crippen LogP contribution in [0.25, 0.3) is 0 Å². The second-order valence-corrected chi connectivity index (χ2v) is 30.2. The lowest BCUT2D eigenvalue weighted by Crippen LogP contribution is -2.68. The summed E-state index contributed by atoms with van der Waals surface area (Å²) in [6, 6.07) is 0. The van der Waals surface area contributed by atoms with E-state index in [9.17, 15) is 91.3 Å². The number of aliphatic hydroxyl groups excluding tert-OH is 15. The van der Waals surface area contributed by atoms with E-state index in [1.54, 1.807) is 6.92 Å². The number of fused-ring (bicyclic) bond motifs is 7. The number of hydrogen-bond donors (Lipinski definition) is 16. The maximum absolute atomic E-state index is 15.5. The number of hydrogen-bond acceptors (Lipinski definition) is 30. The van der Waals surface area contributed by atoms with Crippen LogP contribution < -0.4 is 0 Å². The molecule has 5 aliphatic carbocycles. The molecule has 11 rings (SSSR count). The van der Waals surface area contributed by atoms with Gasteiger partial charge in [0.2, 0.25) is 6.29 Å². The maximum atomic E-state index is 15.5. The first-order valence-corrected chi connectivity index (χ1v) is 32.9. The van der Waals surface area contributed by atoms with Crippen LogP contribution in [0.15, 0.2) is 11.6 Å². The van der Waals surface area contributed by atoms with Gasteiger partial charge in [-0.3, -0.25) is 4.79 Å². The van der Waals surface area contributed by atoms with Gasteiger partial charge in [-0.25, -0.2) is 4.79 Å². The molecular formula is C63H98O31. The first-order valence-electron chi connectivity index (χ1n) is 32.9. The smallest absolute Gasteiger partial charge is 0.335 e. The lowest BCUT2D eigenvalue weighted by atomic mass is 9.33. The van der Waals surface area contributed by atoms with Crippen molar-refractivity contribution in [2.24, 2.45) is 50.2 Å². The van der Waals surface area contributed by atoms with Gasteiger partial charge in [0.1, 0.15) is 116 Å². The zero-order valence-corrected chi connectivity index (χ0v) is 53.7. The fourth-order valence-electron chi connectivity index (χ4n) is 18.5. The third-order valence-electron chi connectivity index (χ3n) is 24.4. The summed E-state index contributed by atoms with van der Waals surface area (Å²) in [5.41, 5.74) is -2.98. The Morgan fingerprint density at radius 3 is 1.77 bits per heavy atom. The van der Waals surface area contributed by atoms with Crippen molar-refractivity contribution < 1.29 is 153 Å². The normalized spacial score (nSPS) is 54.4. The molecule has 16 N–H and O–H groups in total. The van der Waals surface area contributed by atoms with Crippen molar-refractivity contribution >= 4 is 18.2 Å². The Morgan fingerprint density at radius 2 is 1.11 bits per heavy atom. The van der Waals surface area contributed by atoms with Gasteiger partial charge in [-0.15, -0.1) is 0 Å². The molecule has 0 bridgehead atoms. The second-order valence-electron chi connectivity index (χ2n) is 30.2. The fraction of sp³-hybridized carbons (Fsp3) is 0.921. The highest BCUT2D eigenvalue weighted by atomic mass is 16.8. The van der Waals surface area contributed by atoms with Crippen LogP contribution >= 0.6 is 0 Å². The standard InChI is InChI=1S/C63H98O31/c1-24-45(89-52-44(79)46(29(68)22-84-52)90-51-41(76)34(69)27(66)20-83-51)40(75)43(78)53(86-24)92-48-35(70)28(67)21-85-55(48)94-57(82)63-16-14-58(2,3)18-26(63)25-8-9-32-59(4)12-11-33(60(5,23-65)31(59)10-13-62(32,7)61(25,6)15-17-63)88-56-49(39(74)38(73)47(91-56)50(80)81)93-54-42(77)37(72)36(71)30(19-64)87-54/h8,23-24,26-49,51-56,64,66-79H,9-22H2,1-7H3,(H,80,81)/t24-,26+,27+,28+,29+,30+,31-,32+,33-,34-,35-,36-,37-,38-,39-,40-,41+,42+,43+,44+,45-,46-,47-,48+,49+,51-,52-,53-,54-,55-,56+,59-,60-,61+,62+,63-/m0/s1. The molecule has 0 radical (unpaired) electrons. The monoisotopic (exact) mass is 1350 g/mol. The van der Waals surface area contributed by atoms with Gasteiger partial charge >= 0.3 is 11.9 Å². The summed E-state index contributed by atoms with van der Waals surface area (Å²) in [7, 11) is 0. The number of aliphatic hydroxyl groups is 15. The number of ether oxygens (including phenoxy) is 12. The van der Waals surface area contributed by atoms with E-state index < -0.39 is 237 Å². The summed E-state index contributed by atoms with van der Waals surface area (Å²) < 4.78 is 70.8. The van der Waals surface area contributed by atoms with Gasteiger partial charge in [0.15, 0.2) is 43.7 Å². The van der Waals surface area contributed by atoms with Crippen molar-refractivity contribution in [1.82, 2.24) is 0 Å². The average Bonchev–Trinajstić information content (AvgIpc) is 0.674. The number of aliphatic carboxylic acids is 1. The van der Waals surface area contributed by atoms with Crippen LogP contribution in [0.1, 0.15) is 113 Å². The first-order chi connectivity index (χ1) is 44.1. The Hall–Kier alpha value is -2.69. The largest absolute Gasteiger partial charge is 0.479 e. The molecule has 0 unspecified atom stereocenters. The molecule has 6 saturated heterocycles. The number of esters is 1. The van der Waals surface area contributed by atoms with Gasteiger partial charge in [-0.05, 0) is 111 Å². The molecule has 94 heavy (non-hydrogen) atoms. The second kappa shape index (κ2) is 27.0. The summed E-state index contributed by atoms with van der Waals surface area (Å²) >= 11 is 0. The molecule has 10 fully saturated rings. The zero-order valence-electron chi connectivity index (χ0n) is 53.7. The SMILES string of the molecule is C[C@@H]1O[C@@H](O[C@H]2[C@H](OC(=O)[C@]34CCC(C)(C)C[C@@H]3C3=CC[C@@H]5[C@@]6(C)CC[C@H](O[C@@H]7O[C@H](C(=O)O)[C@@H](O)[C@H](O)[C@H]7O[C@@H]7O[C@H](CO)[C@H](O)[C@H](O)[C@H]7O)[C@@](C)(C=O)[C@H]6CC[C@@]5(C)[C@]3(C)CC4)OC[C@@H](O)[C@@H]2O)[C@H](O)[C@H](O)[C@H]1O[C@@H]1OC[C@@H](O)[C@H](O[C@@H]2OC[C@@H](O)[C@H](O)[C@H]2O)[C@H]1O. The van der Waals surface area contributed by atoms with E-state index in [1.807, 2.05) is 0 Å². The van der Waals surface area contributed by atoms with Gasteiger partial charge in [-0.2, -0.15) is 0 Å². The van der Waals surface area contributed by atoms with Gasteiger partial charge in [0.25, 0.3) is 0 Å². The number of carboxylic acid groups (broad SMARTS) is 1. The van der Waals surface area contributed by atoms with Crippen LogP contribution in [0.4, 0.5) is 0 Å². The number of carbonyl (C=O) groups is 3. The molecule has 0 aromatic rings. The molecule has 0 spiro atoms. The van der Waals surface area contributed by atoms with Crippen LogP contribution in [0.5, 0.6) is 0 Å². The summed E-state index contributed by atoms with van der Waals surface area (Å²) in [5.74, 6) is -3.00. The summed E-state index contributed by atoms with van der Waals surface area (Å²) in [6.45, 7) is 12.1. The predicted molar refractivity (Wildman–Crippen MR) is 310 cm³/mol. The van der Waals surface area contributed by atoms with E-state index in [0.717, 1.165) is 11.9 Å². The highest BCUT2D eigenvalue weighted by Crippen LogP contribution is 2.76. The Balaban J connectivity index is 0.791. The van der Waals surface area contributed by atoms with Gasteiger partial charge in [0.05, 0.1) is 49.5 Å². The van der Waals surface area contributed by atoms with E-state index in [4.69, 9.17) is 56.8 Å². The molecule has 0 aromatic carbocycles. The lowest BCUT2D eigenvalue weighted by Gasteiger charge is -2.71. The van der Waals surface area contributed by atoms with Crippen molar-refractivity contribution in [3.8, 4) is 0 Å². The average molecular weight is 1350 g/mol. The highest BCUT2D eigenvalue weighted by molar-refractivity contribution is 5.79. The number of carbonyl (C=O) groups excluding carboxylic acids is 2. The Labute approximate surface area is 542 Å². The Bertz CT molecular complexity index is 2730. The summed E-state index contributed by atoms with van der Waals surface area (Å²) in [6.07, 6.45) is -39.4. The zero-order chi connectivity index (χ0) is 68.4.